The Bertz CT molecular complexity index is 616. The van der Waals surface area contributed by atoms with Crippen LogP contribution in [0.3, 0.4) is 0 Å². The number of carbonyl (C=O) groups excluding carboxylic acids is 1. The second-order valence-corrected chi connectivity index (χ2v) is 5.51. The molecule has 0 saturated heterocycles. The molecule has 9 nitrogen and oxygen atoms in total. The van der Waals surface area contributed by atoms with Gasteiger partial charge in [-0.3, -0.25) is 10.1 Å². The number of nitro groups is 1. The van der Waals surface area contributed by atoms with E-state index in [9.17, 15) is 23.3 Å². The molecule has 10 heteroatoms. The van der Waals surface area contributed by atoms with E-state index in [0.717, 1.165) is 12.1 Å². The van der Waals surface area contributed by atoms with Crippen molar-refractivity contribution in [1.29, 1.82) is 0 Å². The summed E-state index contributed by atoms with van der Waals surface area (Å²) in [5.41, 5.74) is -0.511. The molecule has 0 aromatic heterocycles. The zero-order valence-electron chi connectivity index (χ0n) is 11.2. The van der Waals surface area contributed by atoms with Crippen LogP contribution in [0, 0.1) is 10.1 Å². The summed E-state index contributed by atoms with van der Waals surface area (Å²) >= 11 is 0. The fourth-order valence-electron chi connectivity index (χ4n) is 1.45. The first-order valence-corrected chi connectivity index (χ1v) is 7.50. The summed E-state index contributed by atoms with van der Waals surface area (Å²) in [4.78, 5) is 20.6. The van der Waals surface area contributed by atoms with Gasteiger partial charge in [0.2, 0.25) is 10.0 Å². The average molecular weight is 317 g/mol. The van der Waals surface area contributed by atoms with E-state index in [0.29, 0.717) is 0 Å². The van der Waals surface area contributed by atoms with Gasteiger partial charge in [-0.1, -0.05) is 12.1 Å². The lowest BCUT2D eigenvalue weighted by Gasteiger charge is -2.08. The Labute approximate surface area is 121 Å². The van der Waals surface area contributed by atoms with Gasteiger partial charge >= 0.3 is 6.09 Å². The number of hydrogen-bond acceptors (Lipinski definition) is 6. The van der Waals surface area contributed by atoms with Gasteiger partial charge < -0.3 is 10.1 Å². The molecule has 1 aromatic carbocycles. The number of nitrogens with one attached hydrogen (secondary N) is 2. The van der Waals surface area contributed by atoms with Crippen LogP contribution in [-0.4, -0.2) is 39.1 Å². The fourth-order valence-corrected chi connectivity index (χ4v) is 2.65. The van der Waals surface area contributed by atoms with E-state index < -0.39 is 31.6 Å². The Hall–Kier alpha value is -2.20. The minimum absolute atomic E-state index is 0.00130. The molecule has 21 heavy (non-hydrogen) atoms. The minimum Gasteiger partial charge on any atom is -0.450 e. The van der Waals surface area contributed by atoms with Crippen LogP contribution in [0.4, 0.5) is 10.5 Å². The predicted molar refractivity (Wildman–Crippen MR) is 73.3 cm³/mol. The van der Waals surface area contributed by atoms with E-state index in [1.165, 1.54) is 12.1 Å². The van der Waals surface area contributed by atoms with Crippen LogP contribution < -0.4 is 10.0 Å². The summed E-state index contributed by atoms with van der Waals surface area (Å²) in [5.74, 6) is 0. The topological polar surface area (TPSA) is 128 Å². The molecule has 0 fully saturated rings. The van der Waals surface area contributed by atoms with Crippen LogP contribution in [0.15, 0.2) is 29.2 Å². The fraction of sp³-hybridized carbons (Fsp3) is 0.364. The summed E-state index contributed by atoms with van der Waals surface area (Å²) in [7, 11) is -4.03. The predicted octanol–water partition coefficient (Wildman–Crippen LogP) is 0.619. The van der Waals surface area contributed by atoms with Crippen molar-refractivity contribution in [2.75, 3.05) is 19.7 Å². The molecule has 116 valence electrons. The summed E-state index contributed by atoms with van der Waals surface area (Å²) in [6.07, 6.45) is -0.664. The van der Waals surface area contributed by atoms with Crippen molar-refractivity contribution in [1.82, 2.24) is 10.0 Å². The summed E-state index contributed by atoms with van der Waals surface area (Å²) < 4.78 is 30.7. The van der Waals surface area contributed by atoms with Gasteiger partial charge in [-0.2, -0.15) is 0 Å². The van der Waals surface area contributed by atoms with Crippen molar-refractivity contribution in [2.24, 2.45) is 0 Å². The third-order valence-electron chi connectivity index (χ3n) is 2.31. The molecule has 0 saturated carbocycles. The van der Waals surface area contributed by atoms with Gasteiger partial charge in [-0.05, 0) is 13.0 Å². The Morgan fingerprint density at radius 1 is 1.33 bits per heavy atom. The van der Waals surface area contributed by atoms with E-state index in [2.05, 4.69) is 14.8 Å². The van der Waals surface area contributed by atoms with E-state index in [-0.39, 0.29) is 19.7 Å². The number of rotatable bonds is 7. The molecule has 0 atom stereocenters. The van der Waals surface area contributed by atoms with Crippen molar-refractivity contribution in [3.63, 3.8) is 0 Å². The van der Waals surface area contributed by atoms with Gasteiger partial charge in [0.1, 0.15) is 0 Å². The van der Waals surface area contributed by atoms with Gasteiger partial charge in [-0.25, -0.2) is 17.9 Å². The van der Waals surface area contributed by atoms with E-state index in [1.807, 2.05) is 0 Å². The van der Waals surface area contributed by atoms with Crippen LogP contribution in [0.25, 0.3) is 0 Å². The van der Waals surface area contributed by atoms with Crippen molar-refractivity contribution in [2.45, 2.75) is 11.8 Å². The molecule has 0 heterocycles. The Morgan fingerprint density at radius 2 is 2.00 bits per heavy atom. The molecule has 0 bridgehead atoms. The molecule has 1 aromatic rings. The quantitative estimate of drug-likeness (QED) is 0.431. The van der Waals surface area contributed by atoms with Crippen molar-refractivity contribution in [3.8, 4) is 0 Å². The highest BCUT2D eigenvalue weighted by molar-refractivity contribution is 7.89. The largest absolute Gasteiger partial charge is 0.450 e. The minimum atomic E-state index is -4.03. The number of amides is 1. The Kier molecular flexibility index (Phi) is 6.06. The highest BCUT2D eigenvalue weighted by atomic mass is 32.2. The zero-order chi connectivity index (χ0) is 15.9. The maximum atomic E-state index is 12.0. The van der Waals surface area contributed by atoms with Gasteiger partial charge in [-0.15, -0.1) is 0 Å². The molecule has 1 amide bonds. The van der Waals surface area contributed by atoms with Crippen LogP contribution in [0.2, 0.25) is 0 Å². The van der Waals surface area contributed by atoms with Crippen molar-refractivity contribution in [3.05, 3.63) is 34.4 Å². The number of carbonyl (C=O) groups is 1. The molecular formula is C11H15N3O6S. The number of alkyl carbamates (subject to hydrolysis) is 1. The van der Waals surface area contributed by atoms with Gasteiger partial charge in [0.15, 0.2) is 4.90 Å². The van der Waals surface area contributed by atoms with E-state index >= 15 is 0 Å². The lowest BCUT2D eigenvalue weighted by Crippen LogP contribution is -2.35. The van der Waals surface area contributed by atoms with Crippen molar-refractivity contribution >= 4 is 21.8 Å². The normalized spacial score (nSPS) is 10.9. The maximum Gasteiger partial charge on any atom is 0.407 e. The first-order valence-electron chi connectivity index (χ1n) is 6.02. The Morgan fingerprint density at radius 3 is 2.62 bits per heavy atom. The number of nitro benzene ring substituents is 1. The van der Waals surface area contributed by atoms with Gasteiger partial charge in [0.25, 0.3) is 5.69 Å². The first-order chi connectivity index (χ1) is 9.88. The highest BCUT2D eigenvalue weighted by Crippen LogP contribution is 2.22. The zero-order valence-corrected chi connectivity index (χ0v) is 12.1. The molecule has 0 radical (unpaired) electrons. The number of nitrogens with zero attached hydrogens (tertiary/aromatic N) is 1. The van der Waals surface area contributed by atoms with Crippen molar-refractivity contribution < 1.29 is 22.9 Å². The highest BCUT2D eigenvalue weighted by Gasteiger charge is 2.24. The lowest BCUT2D eigenvalue weighted by molar-refractivity contribution is -0.387. The number of sulfonamides is 1. The summed E-state index contributed by atoms with van der Waals surface area (Å²) in [6, 6.07) is 5.00. The standard InChI is InChI=1S/C11H15N3O6S/c1-2-20-11(15)12-7-8-13-21(18,19)10-6-4-3-5-9(10)14(16)17/h3-6,13H,2,7-8H2,1H3,(H,12,15). The average Bonchev–Trinajstić information content (AvgIpc) is 2.44. The molecule has 0 aliphatic carbocycles. The summed E-state index contributed by atoms with van der Waals surface area (Å²) in [6.45, 7) is 1.72. The third-order valence-corrected chi connectivity index (χ3v) is 3.82. The van der Waals surface area contributed by atoms with E-state index in [4.69, 9.17) is 0 Å². The van der Waals surface area contributed by atoms with Gasteiger partial charge in [0, 0.05) is 19.2 Å². The van der Waals surface area contributed by atoms with Crippen LogP contribution in [-0.2, 0) is 14.8 Å². The second kappa shape index (κ2) is 7.55. The molecule has 0 aliphatic heterocycles. The third kappa shape index (κ3) is 5.00. The number of benzene rings is 1. The van der Waals surface area contributed by atoms with Crippen LogP contribution >= 0.6 is 0 Å². The monoisotopic (exact) mass is 317 g/mol. The van der Waals surface area contributed by atoms with Crippen LogP contribution in [0.5, 0.6) is 0 Å². The number of para-hydroxylation sites is 1. The lowest BCUT2D eigenvalue weighted by atomic mass is 10.3. The first kappa shape index (κ1) is 16.9. The summed E-state index contributed by atoms with van der Waals surface area (Å²) in [5, 5.41) is 13.1. The van der Waals surface area contributed by atoms with Gasteiger partial charge in [0.05, 0.1) is 11.5 Å². The number of hydrogen-bond donors (Lipinski definition) is 2. The Balaban J connectivity index is 2.66. The van der Waals surface area contributed by atoms with Crippen LogP contribution in [0.1, 0.15) is 6.92 Å². The smallest absolute Gasteiger partial charge is 0.407 e. The number of ether oxygens (including phenoxy) is 1. The molecule has 0 unspecified atom stereocenters. The molecular weight excluding hydrogens is 302 g/mol. The molecule has 0 spiro atoms. The molecule has 0 aliphatic rings. The van der Waals surface area contributed by atoms with E-state index in [1.54, 1.807) is 6.92 Å². The second-order valence-electron chi connectivity index (χ2n) is 3.77. The molecule has 1 rings (SSSR count). The maximum absolute atomic E-state index is 12.0. The molecule has 2 N–H and O–H groups in total. The SMILES string of the molecule is CCOC(=O)NCCNS(=O)(=O)c1ccccc1[N+](=O)[O-].